The first-order chi connectivity index (χ1) is 9.02. The number of rotatable bonds is 8. The van der Waals surface area contributed by atoms with E-state index in [2.05, 4.69) is 20.8 Å². The molecule has 0 bridgehead atoms. The van der Waals surface area contributed by atoms with Crippen molar-refractivity contribution in [2.75, 3.05) is 13.1 Å². The molecule has 1 aromatic heterocycles. The van der Waals surface area contributed by atoms with Crippen LogP contribution in [0, 0.1) is 0 Å². The zero-order valence-corrected chi connectivity index (χ0v) is 12.2. The topological polar surface area (TPSA) is 80.0 Å². The van der Waals surface area contributed by atoms with Crippen molar-refractivity contribution in [3.63, 3.8) is 0 Å². The van der Waals surface area contributed by atoms with Crippen LogP contribution < -0.4 is 10.6 Å². The van der Waals surface area contributed by atoms with Gasteiger partial charge in [-0.2, -0.15) is 4.98 Å². The fourth-order valence-corrected chi connectivity index (χ4v) is 1.60. The third kappa shape index (κ3) is 5.83. The van der Waals surface area contributed by atoms with Crippen LogP contribution in [0.15, 0.2) is 4.52 Å². The van der Waals surface area contributed by atoms with Crippen molar-refractivity contribution >= 4 is 5.91 Å². The molecule has 1 atom stereocenters. The highest BCUT2D eigenvalue weighted by atomic mass is 16.5. The summed E-state index contributed by atoms with van der Waals surface area (Å²) in [4.78, 5) is 15.9. The van der Waals surface area contributed by atoms with Gasteiger partial charge in [0.05, 0.1) is 0 Å². The molecular weight excluding hydrogens is 244 g/mol. The molecule has 0 saturated carbocycles. The smallest absolute Gasteiger partial charge is 0.227 e. The van der Waals surface area contributed by atoms with Gasteiger partial charge in [0.15, 0.2) is 5.82 Å². The lowest BCUT2D eigenvalue weighted by Crippen LogP contribution is -2.38. The van der Waals surface area contributed by atoms with Crippen LogP contribution in [0.3, 0.4) is 0 Å². The van der Waals surface area contributed by atoms with E-state index in [1.54, 1.807) is 0 Å². The Bertz CT molecular complexity index is 390. The van der Waals surface area contributed by atoms with Gasteiger partial charge in [-0.3, -0.25) is 4.79 Å². The van der Waals surface area contributed by atoms with Crippen molar-refractivity contribution in [3.05, 3.63) is 11.7 Å². The third-order valence-corrected chi connectivity index (χ3v) is 2.72. The van der Waals surface area contributed by atoms with Gasteiger partial charge in [0.2, 0.25) is 11.8 Å². The normalized spacial score (nSPS) is 12.7. The van der Waals surface area contributed by atoms with Crippen LogP contribution in [0.2, 0.25) is 0 Å². The SMILES string of the molecule is CCN[C@H](C)CNC(=O)CCc1nc(C(C)C)no1. The highest BCUT2D eigenvalue weighted by Crippen LogP contribution is 2.10. The monoisotopic (exact) mass is 268 g/mol. The molecule has 1 rings (SSSR count). The van der Waals surface area contributed by atoms with E-state index in [0.717, 1.165) is 6.54 Å². The third-order valence-electron chi connectivity index (χ3n) is 2.72. The fraction of sp³-hybridized carbons (Fsp3) is 0.769. The lowest BCUT2D eigenvalue weighted by atomic mass is 10.2. The zero-order chi connectivity index (χ0) is 14.3. The number of likely N-dealkylation sites (N-methyl/N-ethyl adjacent to an activating group) is 1. The van der Waals surface area contributed by atoms with Crippen LogP contribution in [0.25, 0.3) is 0 Å². The number of carbonyl (C=O) groups is 1. The van der Waals surface area contributed by atoms with Crippen LogP contribution in [0.4, 0.5) is 0 Å². The largest absolute Gasteiger partial charge is 0.355 e. The van der Waals surface area contributed by atoms with Gasteiger partial charge in [-0.05, 0) is 13.5 Å². The Morgan fingerprint density at radius 2 is 2.11 bits per heavy atom. The first kappa shape index (κ1) is 15.6. The maximum absolute atomic E-state index is 11.6. The first-order valence-corrected chi connectivity index (χ1v) is 6.85. The molecule has 0 aliphatic rings. The summed E-state index contributed by atoms with van der Waals surface area (Å²) in [5.41, 5.74) is 0. The second-order valence-corrected chi connectivity index (χ2v) is 4.96. The quantitative estimate of drug-likeness (QED) is 0.741. The number of hydrogen-bond acceptors (Lipinski definition) is 5. The van der Waals surface area contributed by atoms with Gasteiger partial charge in [-0.25, -0.2) is 0 Å². The van der Waals surface area contributed by atoms with Gasteiger partial charge >= 0.3 is 0 Å². The molecule has 0 spiro atoms. The Balaban J connectivity index is 2.25. The Kier molecular flexibility index (Phi) is 6.49. The molecule has 0 aromatic carbocycles. The second kappa shape index (κ2) is 7.89. The standard InChI is InChI=1S/C13H24N4O2/c1-5-14-10(4)8-15-11(18)6-7-12-16-13(9(2)3)17-19-12/h9-10,14H,5-8H2,1-4H3,(H,15,18)/t10-/m1/s1. The van der Waals surface area contributed by atoms with Gasteiger partial charge in [-0.1, -0.05) is 25.9 Å². The van der Waals surface area contributed by atoms with E-state index in [4.69, 9.17) is 4.52 Å². The van der Waals surface area contributed by atoms with Crippen LogP contribution >= 0.6 is 0 Å². The molecule has 0 unspecified atom stereocenters. The van der Waals surface area contributed by atoms with Gasteiger partial charge < -0.3 is 15.2 Å². The minimum absolute atomic E-state index is 0.00838. The number of nitrogens with zero attached hydrogens (tertiary/aromatic N) is 2. The van der Waals surface area contributed by atoms with Crippen molar-refractivity contribution in [2.45, 2.75) is 52.5 Å². The number of aryl methyl sites for hydroxylation is 1. The fourth-order valence-electron chi connectivity index (χ4n) is 1.60. The molecule has 108 valence electrons. The lowest BCUT2D eigenvalue weighted by Gasteiger charge is -2.12. The van der Waals surface area contributed by atoms with Crippen LogP contribution in [-0.4, -0.2) is 35.2 Å². The van der Waals surface area contributed by atoms with Crippen molar-refractivity contribution in [2.24, 2.45) is 0 Å². The van der Waals surface area contributed by atoms with Crippen molar-refractivity contribution < 1.29 is 9.32 Å². The number of nitrogens with one attached hydrogen (secondary N) is 2. The predicted octanol–water partition coefficient (Wildman–Crippen LogP) is 1.24. The number of hydrogen-bond donors (Lipinski definition) is 2. The lowest BCUT2D eigenvalue weighted by molar-refractivity contribution is -0.121. The Hall–Kier alpha value is -1.43. The van der Waals surface area contributed by atoms with Gasteiger partial charge in [-0.15, -0.1) is 0 Å². The molecule has 19 heavy (non-hydrogen) atoms. The van der Waals surface area contributed by atoms with E-state index in [-0.39, 0.29) is 17.9 Å². The molecule has 6 nitrogen and oxygen atoms in total. The molecule has 0 radical (unpaired) electrons. The van der Waals surface area contributed by atoms with Crippen LogP contribution in [-0.2, 0) is 11.2 Å². The molecule has 0 aliphatic heterocycles. The van der Waals surface area contributed by atoms with E-state index < -0.39 is 0 Å². The summed E-state index contributed by atoms with van der Waals surface area (Å²) in [7, 11) is 0. The highest BCUT2D eigenvalue weighted by Gasteiger charge is 2.11. The van der Waals surface area contributed by atoms with E-state index in [9.17, 15) is 4.79 Å². The molecule has 1 heterocycles. The second-order valence-electron chi connectivity index (χ2n) is 4.96. The van der Waals surface area contributed by atoms with E-state index in [1.807, 2.05) is 27.7 Å². The molecule has 1 aromatic rings. The average molecular weight is 268 g/mol. The Morgan fingerprint density at radius 3 is 2.68 bits per heavy atom. The molecule has 2 N–H and O–H groups in total. The summed E-state index contributed by atoms with van der Waals surface area (Å²) >= 11 is 0. The summed E-state index contributed by atoms with van der Waals surface area (Å²) in [6.45, 7) is 9.62. The predicted molar refractivity (Wildman–Crippen MR) is 72.9 cm³/mol. The maximum atomic E-state index is 11.6. The summed E-state index contributed by atoms with van der Waals surface area (Å²) in [5, 5.41) is 9.97. The van der Waals surface area contributed by atoms with Crippen molar-refractivity contribution in [1.82, 2.24) is 20.8 Å². The van der Waals surface area contributed by atoms with Crippen molar-refractivity contribution in [3.8, 4) is 0 Å². The Labute approximate surface area is 114 Å². The van der Waals surface area contributed by atoms with Crippen LogP contribution in [0.5, 0.6) is 0 Å². The molecular formula is C13H24N4O2. The van der Waals surface area contributed by atoms with E-state index in [1.165, 1.54) is 0 Å². The van der Waals surface area contributed by atoms with Gasteiger partial charge in [0.1, 0.15) is 0 Å². The average Bonchev–Trinajstić information content (AvgIpc) is 2.83. The van der Waals surface area contributed by atoms with Crippen LogP contribution in [0.1, 0.15) is 51.7 Å². The number of aromatic nitrogens is 2. The molecule has 0 aliphatic carbocycles. The molecule has 0 fully saturated rings. The highest BCUT2D eigenvalue weighted by molar-refractivity contribution is 5.76. The van der Waals surface area contributed by atoms with E-state index >= 15 is 0 Å². The van der Waals surface area contributed by atoms with Gasteiger partial charge in [0.25, 0.3) is 0 Å². The summed E-state index contributed by atoms with van der Waals surface area (Å²) in [6, 6.07) is 0.282. The minimum atomic E-state index is 0.00838. The summed E-state index contributed by atoms with van der Waals surface area (Å²) in [5.74, 6) is 1.47. The maximum Gasteiger partial charge on any atom is 0.227 e. The minimum Gasteiger partial charge on any atom is -0.355 e. The molecule has 6 heteroatoms. The first-order valence-electron chi connectivity index (χ1n) is 6.85. The number of amides is 1. The van der Waals surface area contributed by atoms with E-state index in [0.29, 0.717) is 31.1 Å². The number of carbonyl (C=O) groups excluding carboxylic acids is 1. The zero-order valence-electron chi connectivity index (χ0n) is 12.2. The molecule has 0 saturated heterocycles. The van der Waals surface area contributed by atoms with Crippen molar-refractivity contribution in [1.29, 1.82) is 0 Å². The summed E-state index contributed by atoms with van der Waals surface area (Å²) in [6.07, 6.45) is 0.861. The summed E-state index contributed by atoms with van der Waals surface area (Å²) < 4.78 is 5.09. The molecule has 1 amide bonds. The van der Waals surface area contributed by atoms with Gasteiger partial charge in [0, 0.05) is 31.3 Å². The Morgan fingerprint density at radius 1 is 1.37 bits per heavy atom.